The molecule has 94 valence electrons. The highest BCUT2D eigenvalue weighted by molar-refractivity contribution is 4.95. The van der Waals surface area contributed by atoms with Gasteiger partial charge >= 0.3 is 0 Å². The summed E-state index contributed by atoms with van der Waals surface area (Å²) in [4.78, 5) is 5.13. The van der Waals surface area contributed by atoms with Crippen molar-refractivity contribution in [2.45, 2.75) is 52.1 Å². The third kappa shape index (κ3) is 2.43. The van der Waals surface area contributed by atoms with Crippen LogP contribution in [-0.4, -0.2) is 49.1 Å². The highest BCUT2D eigenvalue weighted by Gasteiger charge is 2.41. The summed E-state index contributed by atoms with van der Waals surface area (Å²) in [7, 11) is 4.45. The van der Waals surface area contributed by atoms with Gasteiger partial charge in [-0.15, -0.1) is 0 Å². The second kappa shape index (κ2) is 4.30. The molecular formula is C14H28N2. The molecule has 0 N–H and O–H groups in total. The molecule has 0 aromatic carbocycles. The Kier molecular flexibility index (Phi) is 3.33. The van der Waals surface area contributed by atoms with Crippen LogP contribution in [0.2, 0.25) is 0 Å². The topological polar surface area (TPSA) is 6.48 Å². The third-order valence-electron chi connectivity index (χ3n) is 4.76. The van der Waals surface area contributed by atoms with Gasteiger partial charge in [0.15, 0.2) is 0 Å². The Balaban J connectivity index is 1.77. The Hall–Kier alpha value is -0.0800. The molecule has 2 nitrogen and oxygen atoms in total. The van der Waals surface area contributed by atoms with Crippen LogP contribution in [-0.2, 0) is 0 Å². The fourth-order valence-electron chi connectivity index (χ4n) is 3.09. The molecule has 2 atom stereocenters. The lowest BCUT2D eigenvalue weighted by Gasteiger charge is -2.49. The molecule has 0 radical (unpaired) electrons. The quantitative estimate of drug-likeness (QED) is 0.711. The van der Waals surface area contributed by atoms with Crippen molar-refractivity contribution < 1.29 is 0 Å². The summed E-state index contributed by atoms with van der Waals surface area (Å²) in [6.07, 6.45) is 4.21. The van der Waals surface area contributed by atoms with Gasteiger partial charge in [-0.1, -0.05) is 20.8 Å². The molecule has 2 unspecified atom stereocenters. The van der Waals surface area contributed by atoms with E-state index in [1.54, 1.807) is 0 Å². The lowest BCUT2D eigenvalue weighted by Crippen LogP contribution is -2.55. The van der Waals surface area contributed by atoms with E-state index in [9.17, 15) is 0 Å². The van der Waals surface area contributed by atoms with Crippen LogP contribution in [0.1, 0.15) is 40.0 Å². The number of likely N-dealkylation sites (tertiary alicyclic amines) is 1. The highest BCUT2D eigenvalue weighted by Crippen LogP contribution is 2.38. The molecule has 0 amide bonds. The van der Waals surface area contributed by atoms with E-state index in [4.69, 9.17) is 0 Å². The van der Waals surface area contributed by atoms with Crippen LogP contribution in [0.25, 0.3) is 0 Å². The molecule has 1 aliphatic carbocycles. The van der Waals surface area contributed by atoms with E-state index in [0.29, 0.717) is 5.41 Å². The number of hydrogen-bond donors (Lipinski definition) is 0. The molecule has 2 heteroatoms. The molecule has 0 aromatic heterocycles. The van der Waals surface area contributed by atoms with Crippen LogP contribution in [0.5, 0.6) is 0 Å². The minimum absolute atomic E-state index is 0.510. The summed E-state index contributed by atoms with van der Waals surface area (Å²) in [5.74, 6) is 0.922. The minimum atomic E-state index is 0.510. The largest absolute Gasteiger partial charge is 0.306 e. The van der Waals surface area contributed by atoms with E-state index in [1.165, 1.54) is 32.4 Å². The van der Waals surface area contributed by atoms with Crippen LogP contribution in [0.3, 0.4) is 0 Å². The molecule has 1 heterocycles. The van der Waals surface area contributed by atoms with Gasteiger partial charge in [0.05, 0.1) is 0 Å². The maximum atomic E-state index is 2.72. The van der Waals surface area contributed by atoms with Gasteiger partial charge in [0, 0.05) is 25.2 Å². The minimum Gasteiger partial charge on any atom is -0.306 e. The van der Waals surface area contributed by atoms with Crippen molar-refractivity contribution in [3.8, 4) is 0 Å². The number of hydrogen-bond acceptors (Lipinski definition) is 2. The van der Waals surface area contributed by atoms with Gasteiger partial charge < -0.3 is 4.90 Å². The lowest BCUT2D eigenvalue weighted by molar-refractivity contribution is -0.00658. The molecule has 1 aliphatic heterocycles. The van der Waals surface area contributed by atoms with E-state index in [1.807, 2.05) is 0 Å². The van der Waals surface area contributed by atoms with E-state index in [-0.39, 0.29) is 0 Å². The summed E-state index contributed by atoms with van der Waals surface area (Å²) < 4.78 is 0. The van der Waals surface area contributed by atoms with Gasteiger partial charge in [0.2, 0.25) is 0 Å². The van der Waals surface area contributed by atoms with Gasteiger partial charge in [0.1, 0.15) is 0 Å². The van der Waals surface area contributed by atoms with Crippen LogP contribution in [0, 0.1) is 11.3 Å². The fourth-order valence-corrected chi connectivity index (χ4v) is 3.09. The van der Waals surface area contributed by atoms with Gasteiger partial charge in [0.25, 0.3) is 0 Å². The van der Waals surface area contributed by atoms with E-state index in [2.05, 4.69) is 44.7 Å². The molecule has 1 saturated carbocycles. The molecule has 0 aromatic rings. The third-order valence-corrected chi connectivity index (χ3v) is 4.76. The van der Waals surface area contributed by atoms with Crippen molar-refractivity contribution in [2.75, 3.05) is 27.2 Å². The van der Waals surface area contributed by atoms with Crippen molar-refractivity contribution in [1.29, 1.82) is 0 Å². The van der Waals surface area contributed by atoms with Crippen molar-refractivity contribution >= 4 is 0 Å². The first-order valence-electron chi connectivity index (χ1n) is 6.78. The van der Waals surface area contributed by atoms with Crippen molar-refractivity contribution in [3.63, 3.8) is 0 Å². The lowest BCUT2D eigenvalue weighted by atomic mass is 9.75. The van der Waals surface area contributed by atoms with E-state index >= 15 is 0 Å². The highest BCUT2D eigenvalue weighted by atomic mass is 15.2. The summed E-state index contributed by atoms with van der Waals surface area (Å²) >= 11 is 0. The Morgan fingerprint density at radius 3 is 2.12 bits per heavy atom. The predicted octanol–water partition coefficient (Wildman–Crippen LogP) is 2.45. The smallest absolute Gasteiger partial charge is 0.0111 e. The SMILES string of the molecule is CN(C)C1CCC(N2CC(C(C)(C)C)C2)C1. The summed E-state index contributed by atoms with van der Waals surface area (Å²) in [5, 5.41) is 0. The molecule has 2 aliphatic rings. The van der Waals surface area contributed by atoms with Gasteiger partial charge in [-0.3, -0.25) is 4.90 Å². The summed E-state index contributed by atoms with van der Waals surface area (Å²) in [6, 6.07) is 1.71. The van der Waals surface area contributed by atoms with Gasteiger partial charge in [-0.2, -0.15) is 0 Å². The standard InChI is InChI=1S/C14H28N2/c1-14(2,3)11-9-16(10-11)13-7-6-12(8-13)15(4)5/h11-13H,6-10H2,1-5H3. The summed E-state index contributed by atoms with van der Waals surface area (Å²) in [6.45, 7) is 9.83. The second-order valence-electron chi connectivity index (χ2n) is 7.10. The zero-order valence-electron chi connectivity index (χ0n) is 11.7. The van der Waals surface area contributed by atoms with Gasteiger partial charge in [-0.25, -0.2) is 0 Å². The number of rotatable bonds is 2. The van der Waals surface area contributed by atoms with Crippen LogP contribution >= 0.6 is 0 Å². The summed E-state index contributed by atoms with van der Waals surface area (Å²) in [5.41, 5.74) is 0.510. The van der Waals surface area contributed by atoms with Crippen molar-refractivity contribution in [3.05, 3.63) is 0 Å². The molecule has 0 spiro atoms. The van der Waals surface area contributed by atoms with Crippen LogP contribution in [0.15, 0.2) is 0 Å². The van der Waals surface area contributed by atoms with E-state index in [0.717, 1.165) is 18.0 Å². The zero-order chi connectivity index (χ0) is 11.9. The molecule has 2 fully saturated rings. The van der Waals surface area contributed by atoms with E-state index < -0.39 is 0 Å². The molecule has 0 bridgehead atoms. The fraction of sp³-hybridized carbons (Fsp3) is 1.00. The molecular weight excluding hydrogens is 196 g/mol. The second-order valence-corrected chi connectivity index (χ2v) is 7.10. The average molecular weight is 224 g/mol. The first-order valence-corrected chi connectivity index (χ1v) is 6.78. The number of nitrogens with zero attached hydrogens (tertiary/aromatic N) is 2. The van der Waals surface area contributed by atoms with Crippen LogP contribution < -0.4 is 0 Å². The average Bonchev–Trinajstić information content (AvgIpc) is 2.46. The Bertz CT molecular complexity index is 236. The maximum Gasteiger partial charge on any atom is 0.0111 e. The van der Waals surface area contributed by atoms with Gasteiger partial charge in [-0.05, 0) is 44.7 Å². The van der Waals surface area contributed by atoms with Crippen molar-refractivity contribution in [2.24, 2.45) is 11.3 Å². The molecule has 2 rings (SSSR count). The predicted molar refractivity (Wildman–Crippen MR) is 69.6 cm³/mol. The first kappa shape index (κ1) is 12.4. The first-order chi connectivity index (χ1) is 7.38. The van der Waals surface area contributed by atoms with Crippen LogP contribution in [0.4, 0.5) is 0 Å². The monoisotopic (exact) mass is 224 g/mol. The molecule has 1 saturated heterocycles. The Morgan fingerprint density at radius 1 is 1.06 bits per heavy atom. The zero-order valence-corrected chi connectivity index (χ0v) is 11.7. The normalized spacial score (nSPS) is 33.4. The van der Waals surface area contributed by atoms with Crippen molar-refractivity contribution in [1.82, 2.24) is 9.80 Å². The molecule has 16 heavy (non-hydrogen) atoms. The Morgan fingerprint density at radius 2 is 1.69 bits per heavy atom. The maximum absolute atomic E-state index is 2.72. The Labute approximate surface area is 101 Å².